The Kier molecular flexibility index (Phi) is 23.3. The Morgan fingerprint density at radius 2 is 1.63 bits per heavy atom. The van der Waals surface area contributed by atoms with E-state index in [1.54, 1.807) is 41.1 Å². The molecule has 3 aliphatic rings. The van der Waals surface area contributed by atoms with Crippen LogP contribution in [0.2, 0.25) is 0 Å². The number of esters is 1. The first-order valence-electron chi connectivity index (χ1n) is 23.7. The number of hydrogen-bond acceptors (Lipinski definition) is 13. The van der Waals surface area contributed by atoms with Crippen molar-refractivity contribution in [1.82, 2.24) is 4.90 Å². The van der Waals surface area contributed by atoms with Crippen molar-refractivity contribution < 1.29 is 62.7 Å². The molecule has 13 atom stereocenters. The summed E-state index contributed by atoms with van der Waals surface area (Å²) in [6.07, 6.45) is 14.9. The van der Waals surface area contributed by atoms with Gasteiger partial charge >= 0.3 is 5.97 Å². The maximum absolute atomic E-state index is 14.2. The largest absolute Gasteiger partial charge is 0.460 e. The second kappa shape index (κ2) is 27.2. The first-order valence-corrected chi connectivity index (χ1v) is 23.7. The van der Waals surface area contributed by atoms with Crippen LogP contribution < -0.4 is 0 Å². The maximum atomic E-state index is 14.2. The Labute approximate surface area is 387 Å². The summed E-state index contributed by atoms with van der Waals surface area (Å²) in [6, 6.07) is -1.12. The van der Waals surface area contributed by atoms with Gasteiger partial charge in [-0.05, 0) is 107 Å². The summed E-state index contributed by atoms with van der Waals surface area (Å²) in [7, 11) is 4.66. The van der Waals surface area contributed by atoms with Crippen molar-refractivity contribution in [2.24, 2.45) is 35.5 Å². The van der Waals surface area contributed by atoms with Gasteiger partial charge in [-0.15, -0.1) is 0 Å². The molecule has 1 saturated carbocycles. The van der Waals surface area contributed by atoms with Gasteiger partial charge in [0.15, 0.2) is 5.78 Å². The molecule has 2 N–H and O–H groups in total. The van der Waals surface area contributed by atoms with E-state index in [4.69, 9.17) is 23.7 Å². The van der Waals surface area contributed by atoms with Gasteiger partial charge in [0.25, 0.3) is 11.7 Å². The predicted molar refractivity (Wildman–Crippen MR) is 246 cm³/mol. The summed E-state index contributed by atoms with van der Waals surface area (Å²) in [5.41, 5.74) is 1.30. The molecule has 2 saturated heterocycles. The average Bonchev–Trinajstić information content (AvgIpc) is 3.28. The molecule has 0 radical (unpaired) electrons. The Balaban J connectivity index is 1.73. The maximum Gasteiger partial charge on any atom is 0.329 e. The van der Waals surface area contributed by atoms with Gasteiger partial charge in [0.05, 0.1) is 24.4 Å². The Morgan fingerprint density at radius 3 is 2.29 bits per heavy atom. The van der Waals surface area contributed by atoms with Crippen molar-refractivity contribution in [1.29, 1.82) is 0 Å². The molecule has 65 heavy (non-hydrogen) atoms. The third-order valence-electron chi connectivity index (χ3n) is 13.7. The van der Waals surface area contributed by atoms with Crippen LogP contribution in [0, 0.1) is 35.5 Å². The number of aliphatic hydroxyl groups excluding tert-OH is 1. The van der Waals surface area contributed by atoms with Crippen LogP contribution in [0.15, 0.2) is 47.6 Å². The zero-order valence-electron chi connectivity index (χ0n) is 40.7. The van der Waals surface area contributed by atoms with Crippen LogP contribution in [-0.4, -0.2) is 127 Å². The normalized spacial score (nSPS) is 28.6. The number of amides is 1. The number of Topliss-reactive ketones (excluding diaryl/α,β-unsaturated/α-hetero) is 3. The van der Waals surface area contributed by atoms with Gasteiger partial charge < -0.3 is 38.8 Å². The minimum Gasteiger partial charge on any atom is -0.460 e. The summed E-state index contributed by atoms with van der Waals surface area (Å²) in [5.74, 6) is -6.84. The van der Waals surface area contributed by atoms with E-state index in [-0.39, 0.29) is 67.3 Å². The first kappa shape index (κ1) is 55.7. The second-order valence-electron chi connectivity index (χ2n) is 19.1. The predicted octanol–water partition coefficient (Wildman–Crippen LogP) is 6.64. The first-order chi connectivity index (χ1) is 30.8. The molecule has 0 aromatic heterocycles. The van der Waals surface area contributed by atoms with Crippen LogP contribution >= 0.6 is 0 Å². The van der Waals surface area contributed by atoms with E-state index in [1.165, 1.54) is 12.0 Å². The fourth-order valence-corrected chi connectivity index (χ4v) is 9.44. The molecule has 14 heteroatoms. The van der Waals surface area contributed by atoms with Crippen LogP contribution in [0.5, 0.6) is 0 Å². The third kappa shape index (κ3) is 16.6. The molecule has 0 aromatic carbocycles. The van der Waals surface area contributed by atoms with E-state index in [9.17, 15) is 39.0 Å². The molecule has 1 aliphatic carbocycles. The van der Waals surface area contributed by atoms with Gasteiger partial charge in [-0.25, -0.2) is 4.79 Å². The van der Waals surface area contributed by atoms with E-state index in [0.717, 1.165) is 18.4 Å². The number of nitrogens with zero attached hydrogens (tertiary/aromatic N) is 1. The lowest BCUT2D eigenvalue weighted by Crippen LogP contribution is -2.61. The number of piperidine rings is 1. The monoisotopic (exact) mass is 914 g/mol. The minimum atomic E-state index is -2.44. The number of methoxy groups -OCH3 is 3. The second-order valence-corrected chi connectivity index (χ2v) is 19.1. The molecule has 366 valence electrons. The van der Waals surface area contributed by atoms with Gasteiger partial charge in [-0.3, -0.25) is 24.0 Å². The molecule has 0 bridgehead atoms. The van der Waals surface area contributed by atoms with E-state index in [1.807, 2.05) is 51.2 Å². The molecular formula is C51H79NO13. The summed E-state index contributed by atoms with van der Waals surface area (Å²) in [4.78, 5) is 80.6. The third-order valence-corrected chi connectivity index (χ3v) is 13.7. The fourth-order valence-electron chi connectivity index (χ4n) is 9.44. The molecular weight excluding hydrogens is 835 g/mol. The number of hydrogen-bond donors (Lipinski definition) is 2. The number of ketones is 3. The Morgan fingerprint density at radius 1 is 0.908 bits per heavy atom. The van der Waals surface area contributed by atoms with E-state index < -0.39 is 65.7 Å². The molecule has 2 heterocycles. The zero-order chi connectivity index (χ0) is 48.4. The average molecular weight is 914 g/mol. The SMILES string of the molecule is COCC(=O)[C@H](C)C[C@H](C)/C=C/C=C/C=C(\C)[C@@H](C[C@@H]1CC[C@@H](C)[C@](O)(C(=O)C(=O)N2CCCCC2C(=O)O[C@@H](CC(=O)[C@H](C)/C=C(\C)C=O)[C@H](C)CC2CC[C@@H](O)[C@H](OC)C2)O1)OC. The smallest absolute Gasteiger partial charge is 0.329 e. The standard InChI is InChI=1S/C51H79NO13/c1-32(24-36(5)44(56)31-61-8)16-12-11-13-17-34(3)45(62-9)28-40-21-19-38(7)51(60,65-40)48(57)49(58)52-23-15-14-18-41(52)50(59)64-46(29-43(55)35(4)25-33(2)30-53)37(6)26-39-20-22-42(54)47(27-39)63-10/h11-13,16-17,25,30,32,35-42,45-47,54,60H,14-15,18-24,26-29,31H2,1-10H3/b13-11+,16-12+,33-25+,34-17+/t32-,35-,36-,37-,38-,39?,40+,41?,42-,45-,46+,47-,51-/m1/s1. The van der Waals surface area contributed by atoms with Crippen molar-refractivity contribution >= 4 is 35.5 Å². The van der Waals surface area contributed by atoms with Crippen molar-refractivity contribution in [3.8, 4) is 0 Å². The fraction of sp³-hybridized carbons (Fsp3) is 0.725. The highest BCUT2D eigenvalue weighted by molar-refractivity contribution is 6.39. The molecule has 3 fully saturated rings. The quantitative estimate of drug-likeness (QED) is 0.0326. The summed E-state index contributed by atoms with van der Waals surface area (Å²) in [5, 5.41) is 22.3. The van der Waals surface area contributed by atoms with Gasteiger partial charge in [-0.2, -0.15) is 0 Å². The number of rotatable bonds is 25. The Bertz CT molecular complexity index is 1720. The van der Waals surface area contributed by atoms with Crippen molar-refractivity contribution in [3.05, 3.63) is 47.6 Å². The number of carbonyl (C=O) groups excluding carboxylic acids is 6. The molecule has 0 spiro atoms. The minimum absolute atomic E-state index is 0.0796. The van der Waals surface area contributed by atoms with Gasteiger partial charge in [0.1, 0.15) is 30.8 Å². The van der Waals surface area contributed by atoms with E-state index >= 15 is 0 Å². The van der Waals surface area contributed by atoms with Crippen LogP contribution in [0.3, 0.4) is 0 Å². The molecule has 3 rings (SSSR count). The number of likely N-dealkylation sites (tertiary alicyclic amines) is 1. The van der Waals surface area contributed by atoms with E-state index in [0.29, 0.717) is 63.2 Å². The van der Waals surface area contributed by atoms with Crippen LogP contribution in [0.4, 0.5) is 0 Å². The van der Waals surface area contributed by atoms with Crippen molar-refractivity contribution in [3.63, 3.8) is 0 Å². The van der Waals surface area contributed by atoms with Crippen LogP contribution in [0.25, 0.3) is 0 Å². The van der Waals surface area contributed by atoms with Crippen LogP contribution in [0.1, 0.15) is 126 Å². The molecule has 2 unspecified atom stereocenters. The lowest BCUT2D eigenvalue weighted by Gasteiger charge is -2.42. The number of aliphatic hydroxyl groups is 2. The summed E-state index contributed by atoms with van der Waals surface area (Å²) in [6.45, 7) is 13.0. The molecule has 14 nitrogen and oxygen atoms in total. The number of allylic oxidation sites excluding steroid dienone is 7. The van der Waals surface area contributed by atoms with Crippen LogP contribution in [-0.2, 0) is 52.5 Å². The number of carbonyl (C=O) groups is 6. The lowest BCUT2D eigenvalue weighted by molar-refractivity contribution is -0.265. The lowest BCUT2D eigenvalue weighted by atomic mass is 9.78. The van der Waals surface area contributed by atoms with E-state index in [2.05, 4.69) is 6.92 Å². The van der Waals surface area contributed by atoms with Crippen molar-refractivity contribution in [2.45, 2.75) is 168 Å². The Hall–Kier alpha value is -3.66. The van der Waals surface area contributed by atoms with Gasteiger partial charge in [0.2, 0.25) is 5.79 Å². The van der Waals surface area contributed by atoms with Crippen molar-refractivity contribution in [2.75, 3.05) is 34.5 Å². The number of aldehydes is 1. The van der Waals surface area contributed by atoms with Gasteiger partial charge in [-0.1, -0.05) is 71.1 Å². The topological polar surface area (TPSA) is 192 Å². The highest BCUT2D eigenvalue weighted by atomic mass is 16.6. The van der Waals surface area contributed by atoms with Gasteiger partial charge in [0, 0.05) is 58.5 Å². The highest BCUT2D eigenvalue weighted by Crippen LogP contribution is 2.37. The zero-order valence-corrected chi connectivity index (χ0v) is 40.7. The molecule has 0 aromatic rings. The summed E-state index contributed by atoms with van der Waals surface area (Å²) < 4.78 is 28.6. The number of ether oxygens (including phenoxy) is 5. The highest BCUT2D eigenvalue weighted by Gasteiger charge is 2.53. The summed E-state index contributed by atoms with van der Waals surface area (Å²) >= 11 is 0. The molecule has 2 aliphatic heterocycles. The molecule has 1 amide bonds.